The van der Waals surface area contributed by atoms with Crippen molar-refractivity contribution >= 4 is 17.9 Å². The van der Waals surface area contributed by atoms with E-state index in [1.165, 1.54) is 205 Å². The maximum absolute atomic E-state index is 13.0. The van der Waals surface area contributed by atoms with Gasteiger partial charge >= 0.3 is 11.9 Å². The van der Waals surface area contributed by atoms with Crippen molar-refractivity contribution in [2.75, 3.05) is 47.5 Å². The number of likely N-dealkylation sites (N-methyl/N-ethyl adjacent to an activating group) is 1. The van der Waals surface area contributed by atoms with Crippen molar-refractivity contribution < 1.29 is 42.9 Å². The van der Waals surface area contributed by atoms with Gasteiger partial charge in [-0.2, -0.15) is 0 Å². The average molecular weight is 1380 g/mol. The molecule has 0 aliphatic rings. The molecule has 99 heavy (non-hydrogen) atoms. The van der Waals surface area contributed by atoms with Crippen molar-refractivity contribution in [3.8, 4) is 0 Å². The third kappa shape index (κ3) is 80.6. The van der Waals surface area contributed by atoms with Crippen LogP contribution in [0, 0.1) is 0 Å². The number of carbonyl (C=O) groups excluding carboxylic acids is 3. The van der Waals surface area contributed by atoms with Crippen molar-refractivity contribution in [2.45, 2.75) is 373 Å². The standard InChI is InChI=1S/C90H155NO8/c1-6-8-10-12-14-16-18-20-22-24-26-28-30-32-34-36-38-40-42-43-44-45-47-49-51-53-55-57-59-61-63-65-67-69-71-73-75-77-79-81-88(93)99-86(85-98-90(89(94)95)96-83-82-91(3,4)5)84-97-87(92)80-78-76-74-72-70-68-66-64-62-60-58-56-54-52-50-48-46-41-39-37-35-33-31-29-27-25-23-21-19-17-15-13-11-9-7-2/h8,10,14,16,20,22,26,28,32,34,38,40,43-44,47,49,53,55,59,61,65,67,86,90H,6-7,9,11-13,15,17-19,21,23-25,27,29-31,33,35-37,39,41-42,45-46,48,50-52,54,56-58,60,62-64,66,68-85H2,1-5H3/b10-8-,16-14-,22-20-,28-26-,34-32-,40-38-,44-43-,49-47-,55-53-,61-59-,67-65-. The van der Waals surface area contributed by atoms with Crippen LogP contribution in [-0.4, -0.2) is 82.3 Å². The quantitative estimate of drug-likeness (QED) is 0.0195. The second-order valence-corrected chi connectivity index (χ2v) is 28.7. The number of unbranched alkanes of at least 4 members (excludes halogenated alkanes) is 39. The fourth-order valence-corrected chi connectivity index (χ4v) is 11.7. The Morgan fingerprint density at radius 1 is 0.313 bits per heavy atom. The summed E-state index contributed by atoms with van der Waals surface area (Å²) >= 11 is 0. The summed E-state index contributed by atoms with van der Waals surface area (Å²) < 4.78 is 22.8. The summed E-state index contributed by atoms with van der Waals surface area (Å²) in [6.07, 6.45) is 112. The van der Waals surface area contributed by atoms with E-state index in [1.54, 1.807) is 0 Å². The molecule has 0 fully saturated rings. The SMILES string of the molecule is CC/C=C\C/C=C\C/C=C\C/C=C\C/C=C\C/C=C\C/C=C\C/C=C\C/C=C\C/C=C\C/C=C\CCCCCCCC(=O)OC(COC(=O)CCCCCCCCCCCCCCCCCCCCCCCCCCCCCCCCCCCCC)COC(OCC[N+](C)(C)C)C(=O)[O-]. The van der Waals surface area contributed by atoms with Gasteiger partial charge in [-0.15, -0.1) is 0 Å². The Kier molecular flexibility index (Phi) is 75.5. The lowest BCUT2D eigenvalue weighted by Crippen LogP contribution is -2.44. The van der Waals surface area contributed by atoms with E-state index in [2.05, 4.69) is 148 Å². The van der Waals surface area contributed by atoms with E-state index in [-0.39, 0.29) is 38.6 Å². The third-order valence-electron chi connectivity index (χ3n) is 17.9. The molecule has 2 atom stereocenters. The lowest BCUT2D eigenvalue weighted by molar-refractivity contribution is -0.870. The number of hydrogen-bond acceptors (Lipinski definition) is 8. The molecule has 9 heteroatoms. The van der Waals surface area contributed by atoms with E-state index in [0.717, 1.165) is 122 Å². The molecule has 0 spiro atoms. The summed E-state index contributed by atoms with van der Waals surface area (Å²) in [4.78, 5) is 37.6. The number of allylic oxidation sites excluding steroid dienone is 22. The van der Waals surface area contributed by atoms with Gasteiger partial charge in [-0.1, -0.05) is 385 Å². The average Bonchev–Trinajstić information content (AvgIpc) is 1.14. The number of aliphatic carboxylic acids is 1. The number of carboxylic acid groups (broad SMARTS) is 1. The Bertz CT molecular complexity index is 2100. The Labute approximate surface area is 611 Å². The Morgan fingerprint density at radius 2 is 0.576 bits per heavy atom. The first-order valence-electron chi connectivity index (χ1n) is 41.3. The van der Waals surface area contributed by atoms with Gasteiger partial charge in [-0.05, 0) is 96.3 Å². The summed E-state index contributed by atoms with van der Waals surface area (Å²) in [6.45, 7) is 4.65. The van der Waals surface area contributed by atoms with Crippen molar-refractivity contribution in [1.29, 1.82) is 0 Å². The molecule has 0 aliphatic carbocycles. The molecular weight excluding hydrogens is 1220 g/mol. The number of hydrogen-bond donors (Lipinski definition) is 0. The van der Waals surface area contributed by atoms with E-state index in [9.17, 15) is 19.5 Å². The minimum absolute atomic E-state index is 0.139. The number of carbonyl (C=O) groups is 3. The van der Waals surface area contributed by atoms with E-state index in [1.807, 2.05) is 21.1 Å². The van der Waals surface area contributed by atoms with E-state index < -0.39 is 24.3 Å². The molecular formula is C90H155NO8. The molecule has 0 amide bonds. The van der Waals surface area contributed by atoms with Gasteiger partial charge in [0.15, 0.2) is 12.4 Å². The Balaban J connectivity index is 4.09. The molecule has 2 unspecified atom stereocenters. The summed E-state index contributed by atoms with van der Waals surface area (Å²) in [5.74, 6) is -2.30. The molecule has 0 rings (SSSR count). The van der Waals surface area contributed by atoms with Gasteiger partial charge in [0.1, 0.15) is 13.2 Å². The van der Waals surface area contributed by atoms with Crippen LogP contribution < -0.4 is 5.11 Å². The van der Waals surface area contributed by atoms with Crippen LogP contribution >= 0.6 is 0 Å². The Hall–Kier alpha value is -4.57. The van der Waals surface area contributed by atoms with Gasteiger partial charge in [-0.3, -0.25) is 9.59 Å². The molecule has 0 aliphatic heterocycles. The predicted molar refractivity (Wildman–Crippen MR) is 426 cm³/mol. The Morgan fingerprint density at radius 3 is 0.859 bits per heavy atom. The fourth-order valence-electron chi connectivity index (χ4n) is 11.7. The number of quaternary nitrogens is 1. The molecule has 0 saturated heterocycles. The maximum atomic E-state index is 13.0. The molecule has 0 aromatic heterocycles. The van der Waals surface area contributed by atoms with Crippen LogP contribution in [0.1, 0.15) is 361 Å². The van der Waals surface area contributed by atoms with Gasteiger partial charge in [0.25, 0.3) is 0 Å². The normalized spacial score (nSPS) is 13.3. The second kappa shape index (κ2) is 79.1. The highest BCUT2D eigenvalue weighted by molar-refractivity contribution is 5.70. The van der Waals surface area contributed by atoms with Crippen LogP contribution in [0.3, 0.4) is 0 Å². The lowest BCUT2D eigenvalue weighted by Gasteiger charge is -2.26. The molecule has 0 aromatic carbocycles. The molecule has 0 radical (unpaired) electrons. The minimum atomic E-state index is -1.64. The highest BCUT2D eigenvalue weighted by Gasteiger charge is 2.22. The number of ether oxygens (including phenoxy) is 4. The van der Waals surface area contributed by atoms with Gasteiger partial charge in [0.2, 0.25) is 0 Å². The zero-order valence-corrected chi connectivity index (χ0v) is 65.1. The van der Waals surface area contributed by atoms with Crippen LogP contribution in [0.2, 0.25) is 0 Å². The second-order valence-electron chi connectivity index (χ2n) is 28.7. The first-order valence-corrected chi connectivity index (χ1v) is 41.3. The van der Waals surface area contributed by atoms with Crippen LogP contribution in [0.4, 0.5) is 0 Å². The molecule has 9 nitrogen and oxygen atoms in total. The predicted octanol–water partition coefficient (Wildman–Crippen LogP) is 25.5. The van der Waals surface area contributed by atoms with Crippen molar-refractivity contribution in [3.63, 3.8) is 0 Å². The summed E-state index contributed by atoms with van der Waals surface area (Å²) in [5, 5.41) is 11.9. The van der Waals surface area contributed by atoms with Crippen LogP contribution in [0.25, 0.3) is 0 Å². The molecule has 0 bridgehead atoms. The first kappa shape index (κ1) is 94.4. The summed E-state index contributed by atoms with van der Waals surface area (Å²) in [5.41, 5.74) is 0. The van der Waals surface area contributed by atoms with Gasteiger partial charge in [0.05, 0.1) is 40.3 Å². The molecule has 0 aromatic rings. The summed E-state index contributed by atoms with van der Waals surface area (Å²) in [7, 11) is 5.93. The zero-order chi connectivity index (χ0) is 71.8. The van der Waals surface area contributed by atoms with Crippen molar-refractivity contribution in [3.05, 3.63) is 134 Å². The van der Waals surface area contributed by atoms with Crippen LogP contribution in [0.5, 0.6) is 0 Å². The molecule has 0 saturated carbocycles. The molecule has 0 N–H and O–H groups in total. The van der Waals surface area contributed by atoms with E-state index >= 15 is 0 Å². The van der Waals surface area contributed by atoms with E-state index in [4.69, 9.17) is 18.9 Å². The van der Waals surface area contributed by atoms with Gasteiger partial charge in [-0.25, -0.2) is 0 Å². The topological polar surface area (TPSA) is 111 Å². The molecule has 0 heterocycles. The number of esters is 2. The number of carboxylic acids is 1. The van der Waals surface area contributed by atoms with Crippen molar-refractivity contribution in [2.24, 2.45) is 0 Å². The maximum Gasteiger partial charge on any atom is 0.306 e. The molecule has 568 valence electrons. The van der Waals surface area contributed by atoms with Crippen LogP contribution in [-0.2, 0) is 33.3 Å². The number of nitrogens with zero attached hydrogens (tertiary/aromatic N) is 1. The largest absolute Gasteiger partial charge is 0.545 e. The third-order valence-corrected chi connectivity index (χ3v) is 17.9. The highest BCUT2D eigenvalue weighted by atomic mass is 16.7. The zero-order valence-electron chi connectivity index (χ0n) is 65.1. The smallest absolute Gasteiger partial charge is 0.306 e. The van der Waals surface area contributed by atoms with E-state index in [0.29, 0.717) is 17.4 Å². The lowest BCUT2D eigenvalue weighted by atomic mass is 10.0. The van der Waals surface area contributed by atoms with Crippen LogP contribution in [0.15, 0.2) is 134 Å². The highest BCUT2D eigenvalue weighted by Crippen LogP contribution is 2.19. The van der Waals surface area contributed by atoms with Crippen molar-refractivity contribution in [1.82, 2.24) is 0 Å². The first-order chi connectivity index (χ1) is 48.6. The van der Waals surface area contributed by atoms with Gasteiger partial charge in [0, 0.05) is 12.8 Å². The minimum Gasteiger partial charge on any atom is -0.545 e. The summed E-state index contributed by atoms with van der Waals surface area (Å²) in [6, 6.07) is 0. The fraction of sp³-hybridized carbons (Fsp3) is 0.722. The monoisotopic (exact) mass is 1380 g/mol. The van der Waals surface area contributed by atoms with Gasteiger partial charge < -0.3 is 33.3 Å². The number of rotatable bonds is 76.